The van der Waals surface area contributed by atoms with Gasteiger partial charge in [0.2, 0.25) is 11.8 Å². The zero-order valence-corrected chi connectivity index (χ0v) is 15.0. The Labute approximate surface area is 156 Å². The number of carbonyl (C=O) groups excluding carboxylic acids is 2. The molecule has 0 fully saturated rings. The molecular formula is C19H21F2N3O3. The van der Waals surface area contributed by atoms with Gasteiger partial charge in [-0.25, -0.2) is 0 Å². The number of nitrogens with one attached hydrogen (secondary N) is 2. The number of benzene rings is 2. The molecule has 0 aromatic heterocycles. The summed E-state index contributed by atoms with van der Waals surface area (Å²) in [7, 11) is 3.34. The zero-order valence-electron chi connectivity index (χ0n) is 15.0. The lowest BCUT2D eigenvalue weighted by molar-refractivity contribution is -0.127. The molecule has 0 aliphatic carbocycles. The molecule has 2 aromatic rings. The number of ether oxygens (including phenoxy) is 1. The fraction of sp³-hybridized carbons (Fsp3) is 0.263. The number of likely N-dealkylation sites (N-methyl/N-ethyl adjacent to an activating group) is 1. The van der Waals surface area contributed by atoms with Gasteiger partial charge in [0, 0.05) is 19.8 Å². The number of halogens is 2. The third kappa shape index (κ3) is 6.25. The molecule has 144 valence electrons. The molecular weight excluding hydrogens is 356 g/mol. The second-order valence-corrected chi connectivity index (χ2v) is 5.90. The molecule has 0 bridgehead atoms. The Balaban J connectivity index is 2.00. The van der Waals surface area contributed by atoms with Crippen LogP contribution in [0.2, 0.25) is 0 Å². The van der Waals surface area contributed by atoms with Crippen LogP contribution >= 0.6 is 0 Å². The van der Waals surface area contributed by atoms with E-state index in [4.69, 9.17) is 0 Å². The van der Waals surface area contributed by atoms with Crippen molar-refractivity contribution in [2.75, 3.05) is 31.3 Å². The van der Waals surface area contributed by atoms with Gasteiger partial charge in [-0.3, -0.25) is 9.59 Å². The van der Waals surface area contributed by atoms with Gasteiger partial charge in [-0.2, -0.15) is 8.78 Å². The van der Waals surface area contributed by atoms with E-state index in [0.717, 1.165) is 5.56 Å². The number of anilines is 2. The molecule has 0 radical (unpaired) electrons. The lowest BCUT2D eigenvalue weighted by atomic mass is 10.1. The molecule has 2 rings (SSSR count). The van der Waals surface area contributed by atoms with Crippen LogP contribution in [0, 0.1) is 0 Å². The van der Waals surface area contributed by atoms with E-state index >= 15 is 0 Å². The van der Waals surface area contributed by atoms with Gasteiger partial charge in [0.05, 0.1) is 18.7 Å². The van der Waals surface area contributed by atoms with E-state index < -0.39 is 12.5 Å². The Kier molecular flexibility index (Phi) is 7.10. The van der Waals surface area contributed by atoms with Crippen LogP contribution in [-0.4, -0.2) is 44.0 Å². The maximum absolute atomic E-state index is 12.4. The Hall–Kier alpha value is -3.16. The number of para-hydroxylation sites is 3. The standard InChI is InChI=1S/C19H21F2N3O3/c1-24(2)18(26)11-13-7-3-4-8-14(13)22-12-17(25)23-15-9-5-6-10-16(15)27-19(20)21/h3-10,19,22H,11-12H2,1-2H3,(H,23,25). The Bertz CT molecular complexity index is 797. The minimum atomic E-state index is -2.98. The summed E-state index contributed by atoms with van der Waals surface area (Å²) in [6.07, 6.45) is 0.197. The topological polar surface area (TPSA) is 70.7 Å². The molecule has 2 N–H and O–H groups in total. The van der Waals surface area contributed by atoms with Crippen LogP contribution in [-0.2, 0) is 16.0 Å². The fourth-order valence-corrected chi connectivity index (χ4v) is 2.31. The molecule has 0 aliphatic heterocycles. The average Bonchev–Trinajstić information content (AvgIpc) is 2.62. The quantitative estimate of drug-likeness (QED) is 0.742. The smallest absolute Gasteiger partial charge is 0.387 e. The van der Waals surface area contributed by atoms with E-state index in [1.165, 1.54) is 23.1 Å². The number of rotatable bonds is 8. The maximum atomic E-state index is 12.4. The molecule has 0 aliphatic rings. The Morgan fingerprint density at radius 2 is 1.67 bits per heavy atom. The molecule has 0 saturated heterocycles. The van der Waals surface area contributed by atoms with Gasteiger partial charge in [-0.15, -0.1) is 0 Å². The number of hydrogen-bond donors (Lipinski definition) is 2. The van der Waals surface area contributed by atoms with Crippen molar-refractivity contribution < 1.29 is 23.1 Å². The highest BCUT2D eigenvalue weighted by Crippen LogP contribution is 2.25. The highest BCUT2D eigenvalue weighted by Gasteiger charge is 2.13. The maximum Gasteiger partial charge on any atom is 0.387 e. The van der Waals surface area contributed by atoms with Crippen molar-refractivity contribution in [3.8, 4) is 5.75 Å². The zero-order chi connectivity index (χ0) is 19.8. The molecule has 6 nitrogen and oxygen atoms in total. The van der Waals surface area contributed by atoms with Crippen molar-refractivity contribution in [2.45, 2.75) is 13.0 Å². The van der Waals surface area contributed by atoms with E-state index in [2.05, 4.69) is 15.4 Å². The van der Waals surface area contributed by atoms with Crippen LogP contribution in [0.1, 0.15) is 5.56 Å². The molecule has 0 heterocycles. The van der Waals surface area contributed by atoms with Gasteiger partial charge < -0.3 is 20.3 Å². The van der Waals surface area contributed by atoms with Crippen LogP contribution in [0.4, 0.5) is 20.2 Å². The highest BCUT2D eigenvalue weighted by atomic mass is 19.3. The molecule has 0 unspecified atom stereocenters. The number of amides is 2. The fourth-order valence-electron chi connectivity index (χ4n) is 2.31. The summed E-state index contributed by atoms with van der Waals surface area (Å²) >= 11 is 0. The third-order valence-electron chi connectivity index (χ3n) is 3.67. The minimum absolute atomic E-state index is 0.0632. The molecule has 0 atom stereocenters. The van der Waals surface area contributed by atoms with E-state index in [1.54, 1.807) is 44.4 Å². The van der Waals surface area contributed by atoms with Gasteiger partial charge in [-0.05, 0) is 23.8 Å². The van der Waals surface area contributed by atoms with Crippen molar-refractivity contribution >= 4 is 23.2 Å². The van der Waals surface area contributed by atoms with Crippen LogP contribution in [0.5, 0.6) is 5.75 Å². The van der Waals surface area contributed by atoms with Crippen LogP contribution < -0.4 is 15.4 Å². The lowest BCUT2D eigenvalue weighted by Crippen LogP contribution is -2.25. The summed E-state index contributed by atoms with van der Waals surface area (Å²) in [5.74, 6) is -0.612. The monoisotopic (exact) mass is 377 g/mol. The summed E-state index contributed by atoms with van der Waals surface area (Å²) in [5, 5.41) is 5.50. The summed E-state index contributed by atoms with van der Waals surface area (Å²) in [6.45, 7) is -3.09. The molecule has 0 saturated carbocycles. The largest absolute Gasteiger partial charge is 0.433 e. The van der Waals surface area contributed by atoms with E-state index in [0.29, 0.717) is 5.69 Å². The first-order chi connectivity index (χ1) is 12.9. The average molecular weight is 377 g/mol. The first kappa shape index (κ1) is 20.2. The van der Waals surface area contributed by atoms with Crippen LogP contribution in [0.25, 0.3) is 0 Å². The predicted molar refractivity (Wildman–Crippen MR) is 99.0 cm³/mol. The highest BCUT2D eigenvalue weighted by molar-refractivity contribution is 5.95. The van der Waals surface area contributed by atoms with Crippen molar-refractivity contribution in [1.29, 1.82) is 0 Å². The second kappa shape index (κ2) is 9.51. The van der Waals surface area contributed by atoms with Gasteiger partial charge in [-0.1, -0.05) is 30.3 Å². The number of carbonyl (C=O) groups is 2. The number of hydrogen-bond acceptors (Lipinski definition) is 4. The SMILES string of the molecule is CN(C)C(=O)Cc1ccccc1NCC(=O)Nc1ccccc1OC(F)F. The van der Waals surface area contributed by atoms with Crippen LogP contribution in [0.15, 0.2) is 48.5 Å². The van der Waals surface area contributed by atoms with E-state index in [-0.39, 0.29) is 30.3 Å². The van der Waals surface area contributed by atoms with Crippen molar-refractivity contribution in [3.63, 3.8) is 0 Å². The molecule has 2 aromatic carbocycles. The summed E-state index contributed by atoms with van der Waals surface area (Å²) in [4.78, 5) is 25.6. The van der Waals surface area contributed by atoms with Crippen molar-refractivity contribution in [1.82, 2.24) is 4.90 Å². The van der Waals surface area contributed by atoms with E-state index in [9.17, 15) is 18.4 Å². The molecule has 27 heavy (non-hydrogen) atoms. The lowest BCUT2D eigenvalue weighted by Gasteiger charge is -2.15. The Morgan fingerprint density at radius 1 is 1.04 bits per heavy atom. The number of alkyl halides is 2. The number of nitrogens with zero attached hydrogens (tertiary/aromatic N) is 1. The molecule has 0 spiro atoms. The Morgan fingerprint density at radius 3 is 2.33 bits per heavy atom. The van der Waals surface area contributed by atoms with Crippen molar-refractivity contribution in [2.24, 2.45) is 0 Å². The van der Waals surface area contributed by atoms with Crippen molar-refractivity contribution in [3.05, 3.63) is 54.1 Å². The minimum Gasteiger partial charge on any atom is -0.433 e. The molecule has 8 heteroatoms. The summed E-state index contributed by atoms with van der Waals surface area (Å²) in [6, 6.07) is 13.1. The first-order valence-corrected chi connectivity index (χ1v) is 8.22. The molecule has 2 amide bonds. The first-order valence-electron chi connectivity index (χ1n) is 8.22. The van der Waals surface area contributed by atoms with Gasteiger partial charge in [0.25, 0.3) is 0 Å². The van der Waals surface area contributed by atoms with Gasteiger partial charge in [0.1, 0.15) is 5.75 Å². The van der Waals surface area contributed by atoms with Gasteiger partial charge in [0.15, 0.2) is 0 Å². The van der Waals surface area contributed by atoms with E-state index in [1.807, 2.05) is 0 Å². The summed E-state index contributed by atoms with van der Waals surface area (Å²) < 4.78 is 29.3. The second-order valence-electron chi connectivity index (χ2n) is 5.90. The summed E-state index contributed by atoms with van der Waals surface area (Å²) in [5.41, 5.74) is 1.56. The van der Waals surface area contributed by atoms with Crippen LogP contribution in [0.3, 0.4) is 0 Å². The van der Waals surface area contributed by atoms with Gasteiger partial charge >= 0.3 is 6.61 Å². The third-order valence-corrected chi connectivity index (χ3v) is 3.67. The normalized spacial score (nSPS) is 10.4. The predicted octanol–water partition coefficient (Wildman–Crippen LogP) is 2.97.